The van der Waals surface area contributed by atoms with Gasteiger partial charge in [0.25, 0.3) is 0 Å². The standard InChI is InChI=1S/C13H10BrClFNO/c1-7-5-9(16)3-4-11(7)18-13-12(14)8(2)10(15)6-17-13/h3-6H,1-2H3. The molecule has 0 aliphatic carbocycles. The molecule has 5 heteroatoms. The Balaban J connectivity index is 2.37. The minimum atomic E-state index is -0.292. The van der Waals surface area contributed by atoms with Crippen LogP contribution in [0.1, 0.15) is 11.1 Å². The van der Waals surface area contributed by atoms with E-state index in [1.165, 1.54) is 18.3 Å². The van der Waals surface area contributed by atoms with Crippen LogP contribution in [0.15, 0.2) is 28.9 Å². The van der Waals surface area contributed by atoms with Crippen LogP contribution in [0, 0.1) is 19.7 Å². The molecule has 18 heavy (non-hydrogen) atoms. The smallest absolute Gasteiger partial charge is 0.233 e. The van der Waals surface area contributed by atoms with Crippen LogP contribution in [0.25, 0.3) is 0 Å². The fraction of sp³-hybridized carbons (Fsp3) is 0.154. The van der Waals surface area contributed by atoms with Gasteiger partial charge in [0.1, 0.15) is 11.6 Å². The van der Waals surface area contributed by atoms with Gasteiger partial charge in [-0.3, -0.25) is 0 Å². The van der Waals surface area contributed by atoms with Crippen molar-refractivity contribution in [1.82, 2.24) is 4.98 Å². The lowest BCUT2D eigenvalue weighted by atomic mass is 10.2. The topological polar surface area (TPSA) is 22.1 Å². The van der Waals surface area contributed by atoms with Crippen LogP contribution in [0.5, 0.6) is 11.6 Å². The van der Waals surface area contributed by atoms with E-state index in [4.69, 9.17) is 16.3 Å². The van der Waals surface area contributed by atoms with Crippen molar-refractivity contribution >= 4 is 27.5 Å². The number of benzene rings is 1. The van der Waals surface area contributed by atoms with Gasteiger partial charge >= 0.3 is 0 Å². The van der Waals surface area contributed by atoms with Crippen molar-refractivity contribution in [3.63, 3.8) is 0 Å². The summed E-state index contributed by atoms with van der Waals surface area (Å²) in [6.07, 6.45) is 1.52. The second-order valence-corrected chi connectivity index (χ2v) is 5.06. The highest BCUT2D eigenvalue weighted by molar-refractivity contribution is 9.10. The highest BCUT2D eigenvalue weighted by Gasteiger charge is 2.11. The molecule has 0 atom stereocenters. The van der Waals surface area contributed by atoms with Gasteiger partial charge in [-0.05, 0) is 59.1 Å². The minimum Gasteiger partial charge on any atom is -0.438 e. The molecule has 0 fully saturated rings. The van der Waals surface area contributed by atoms with Crippen LogP contribution in [0.2, 0.25) is 5.02 Å². The average molecular weight is 331 g/mol. The Morgan fingerprint density at radius 3 is 2.72 bits per heavy atom. The van der Waals surface area contributed by atoms with E-state index in [1.807, 2.05) is 6.92 Å². The molecule has 0 radical (unpaired) electrons. The number of halogens is 3. The molecule has 1 heterocycles. The second kappa shape index (κ2) is 5.24. The monoisotopic (exact) mass is 329 g/mol. The Bertz CT molecular complexity index is 604. The second-order valence-electron chi connectivity index (χ2n) is 3.86. The highest BCUT2D eigenvalue weighted by atomic mass is 79.9. The number of pyridine rings is 1. The lowest BCUT2D eigenvalue weighted by Crippen LogP contribution is -1.94. The SMILES string of the molecule is Cc1cc(F)ccc1Oc1ncc(Cl)c(C)c1Br. The summed E-state index contributed by atoms with van der Waals surface area (Å²) in [6.45, 7) is 3.63. The molecular weight excluding hydrogens is 321 g/mol. The van der Waals surface area contributed by atoms with Crippen LogP contribution in [0.3, 0.4) is 0 Å². The molecule has 2 nitrogen and oxygen atoms in total. The average Bonchev–Trinajstić information content (AvgIpc) is 2.33. The highest BCUT2D eigenvalue weighted by Crippen LogP contribution is 2.34. The van der Waals surface area contributed by atoms with E-state index in [1.54, 1.807) is 13.0 Å². The minimum absolute atomic E-state index is 0.292. The Morgan fingerprint density at radius 2 is 2.06 bits per heavy atom. The molecule has 0 unspecified atom stereocenters. The number of nitrogens with zero attached hydrogens (tertiary/aromatic N) is 1. The van der Waals surface area contributed by atoms with Gasteiger partial charge in [0.15, 0.2) is 0 Å². The summed E-state index contributed by atoms with van der Waals surface area (Å²) >= 11 is 9.32. The molecule has 0 saturated carbocycles. The summed E-state index contributed by atoms with van der Waals surface area (Å²) in [6, 6.07) is 4.33. The third kappa shape index (κ3) is 2.65. The summed E-state index contributed by atoms with van der Waals surface area (Å²) in [5.41, 5.74) is 1.55. The van der Waals surface area contributed by atoms with Crippen molar-refractivity contribution in [3.05, 3.63) is 50.8 Å². The summed E-state index contributed by atoms with van der Waals surface area (Å²) in [5, 5.41) is 0.560. The third-order valence-electron chi connectivity index (χ3n) is 2.51. The van der Waals surface area contributed by atoms with E-state index >= 15 is 0 Å². The number of ether oxygens (including phenoxy) is 1. The largest absolute Gasteiger partial charge is 0.438 e. The van der Waals surface area contributed by atoms with Crippen molar-refractivity contribution < 1.29 is 9.13 Å². The van der Waals surface area contributed by atoms with E-state index in [-0.39, 0.29) is 5.82 Å². The quantitative estimate of drug-likeness (QED) is 0.769. The van der Waals surface area contributed by atoms with E-state index in [0.717, 1.165) is 5.56 Å². The third-order valence-corrected chi connectivity index (χ3v) is 3.83. The molecule has 0 N–H and O–H groups in total. The molecular formula is C13H10BrClFNO. The summed E-state index contributed by atoms with van der Waals surface area (Å²) < 4.78 is 19.3. The van der Waals surface area contributed by atoms with Crippen molar-refractivity contribution in [2.24, 2.45) is 0 Å². The van der Waals surface area contributed by atoms with E-state index in [9.17, 15) is 4.39 Å². The predicted molar refractivity (Wildman–Crippen MR) is 72.9 cm³/mol. The van der Waals surface area contributed by atoms with E-state index in [2.05, 4.69) is 20.9 Å². The zero-order valence-corrected chi connectivity index (χ0v) is 12.1. The summed E-state index contributed by atoms with van der Waals surface area (Å²) in [7, 11) is 0. The molecule has 94 valence electrons. The van der Waals surface area contributed by atoms with Gasteiger partial charge in [-0.1, -0.05) is 11.6 Å². The number of rotatable bonds is 2. The first-order valence-corrected chi connectivity index (χ1v) is 6.40. The molecule has 2 rings (SSSR count). The first kappa shape index (κ1) is 13.3. The fourth-order valence-electron chi connectivity index (χ4n) is 1.44. The van der Waals surface area contributed by atoms with Gasteiger partial charge in [0.05, 0.1) is 9.50 Å². The Morgan fingerprint density at radius 1 is 1.33 bits per heavy atom. The molecule has 0 aliphatic rings. The number of aryl methyl sites for hydroxylation is 1. The predicted octanol–water partition coefficient (Wildman–Crippen LogP) is 5.05. The van der Waals surface area contributed by atoms with Crippen LogP contribution < -0.4 is 4.74 Å². The molecule has 0 saturated heterocycles. The van der Waals surface area contributed by atoms with Gasteiger partial charge in [0.2, 0.25) is 5.88 Å². The maximum Gasteiger partial charge on any atom is 0.233 e. The van der Waals surface area contributed by atoms with Crippen molar-refractivity contribution in [2.45, 2.75) is 13.8 Å². The maximum absolute atomic E-state index is 13.0. The van der Waals surface area contributed by atoms with Gasteiger partial charge < -0.3 is 4.74 Å². The Labute approximate surface area is 118 Å². The van der Waals surface area contributed by atoms with Gasteiger partial charge in [-0.2, -0.15) is 0 Å². The number of aromatic nitrogens is 1. The van der Waals surface area contributed by atoms with Crippen molar-refractivity contribution in [1.29, 1.82) is 0 Å². The molecule has 0 spiro atoms. The van der Waals surface area contributed by atoms with Crippen LogP contribution in [-0.4, -0.2) is 4.98 Å². The molecule has 2 aromatic rings. The summed E-state index contributed by atoms with van der Waals surface area (Å²) in [4.78, 5) is 4.10. The first-order chi connectivity index (χ1) is 8.49. The lowest BCUT2D eigenvalue weighted by Gasteiger charge is -2.11. The Kier molecular flexibility index (Phi) is 3.88. The van der Waals surface area contributed by atoms with Gasteiger partial charge in [-0.15, -0.1) is 0 Å². The Hall–Kier alpha value is -1.13. The van der Waals surface area contributed by atoms with Crippen molar-refractivity contribution in [3.8, 4) is 11.6 Å². The molecule has 0 bridgehead atoms. The fourth-order valence-corrected chi connectivity index (χ4v) is 2.09. The first-order valence-electron chi connectivity index (χ1n) is 5.23. The number of hydrogen-bond acceptors (Lipinski definition) is 2. The lowest BCUT2D eigenvalue weighted by molar-refractivity contribution is 0.454. The number of hydrogen-bond donors (Lipinski definition) is 0. The normalized spacial score (nSPS) is 10.5. The molecule has 0 aliphatic heterocycles. The summed E-state index contributed by atoms with van der Waals surface area (Å²) in [5.74, 6) is 0.678. The zero-order valence-electron chi connectivity index (χ0n) is 9.80. The van der Waals surface area contributed by atoms with Gasteiger partial charge in [0, 0.05) is 6.20 Å². The van der Waals surface area contributed by atoms with Crippen molar-refractivity contribution in [2.75, 3.05) is 0 Å². The van der Waals surface area contributed by atoms with Crippen LogP contribution in [0.4, 0.5) is 4.39 Å². The molecule has 1 aromatic heterocycles. The molecule has 1 aromatic carbocycles. The van der Waals surface area contributed by atoms with Crippen LogP contribution in [-0.2, 0) is 0 Å². The maximum atomic E-state index is 13.0. The van der Waals surface area contributed by atoms with Gasteiger partial charge in [-0.25, -0.2) is 9.37 Å². The zero-order chi connectivity index (χ0) is 13.3. The van der Waals surface area contributed by atoms with Crippen LogP contribution >= 0.6 is 27.5 Å². The van der Waals surface area contributed by atoms with E-state index in [0.29, 0.717) is 26.7 Å². The molecule has 0 amide bonds. The van der Waals surface area contributed by atoms with E-state index < -0.39 is 0 Å².